The molecule has 0 radical (unpaired) electrons. The third-order valence-corrected chi connectivity index (χ3v) is 4.23. The second kappa shape index (κ2) is 5.85. The molecule has 0 aromatic heterocycles. The second-order valence-corrected chi connectivity index (χ2v) is 5.84. The van der Waals surface area contributed by atoms with Crippen LogP contribution in [0, 0.1) is 0 Å². The molecule has 0 saturated carbocycles. The Kier molecular flexibility index (Phi) is 3.94. The lowest BCUT2D eigenvalue weighted by atomic mass is 10.2. The molecule has 20 heavy (non-hydrogen) atoms. The van der Waals surface area contributed by atoms with E-state index in [1.54, 1.807) is 23.9 Å². The number of hydrogen-bond donors (Lipinski definition) is 1. The lowest BCUT2D eigenvalue weighted by molar-refractivity contribution is 0.171. The Labute approximate surface area is 126 Å². The number of phenolic OH excluding ortho intramolecular Hbond substituents is 1. The van der Waals surface area contributed by atoms with Crippen molar-refractivity contribution >= 4 is 23.4 Å². The predicted octanol–water partition coefficient (Wildman–Crippen LogP) is 4.11. The number of rotatable bonds is 3. The molecule has 1 aliphatic heterocycles. The molecule has 2 aromatic carbocycles. The molecule has 2 aromatic rings. The van der Waals surface area contributed by atoms with Crippen LogP contribution < -0.4 is 9.47 Å². The van der Waals surface area contributed by atoms with Gasteiger partial charge in [-0.1, -0.05) is 17.7 Å². The molecule has 0 spiro atoms. The Morgan fingerprint density at radius 1 is 1.15 bits per heavy atom. The van der Waals surface area contributed by atoms with Crippen LogP contribution in [0.5, 0.6) is 17.2 Å². The number of phenols is 1. The fourth-order valence-corrected chi connectivity index (χ4v) is 3.15. The molecule has 0 aliphatic carbocycles. The Hall–Kier alpha value is -1.52. The van der Waals surface area contributed by atoms with Gasteiger partial charge in [-0.3, -0.25) is 0 Å². The molecule has 0 bridgehead atoms. The van der Waals surface area contributed by atoms with Gasteiger partial charge in [0.15, 0.2) is 11.5 Å². The molecule has 104 valence electrons. The van der Waals surface area contributed by atoms with Crippen LogP contribution in [0.3, 0.4) is 0 Å². The summed E-state index contributed by atoms with van der Waals surface area (Å²) >= 11 is 7.83. The Morgan fingerprint density at radius 2 is 2.00 bits per heavy atom. The average molecular weight is 309 g/mol. The molecule has 0 amide bonds. The summed E-state index contributed by atoms with van der Waals surface area (Å²) < 4.78 is 11.0. The number of hydrogen-bond acceptors (Lipinski definition) is 4. The van der Waals surface area contributed by atoms with Crippen molar-refractivity contribution in [3.8, 4) is 17.2 Å². The highest BCUT2D eigenvalue weighted by Crippen LogP contribution is 2.39. The van der Waals surface area contributed by atoms with E-state index < -0.39 is 0 Å². The quantitative estimate of drug-likeness (QED) is 0.866. The van der Waals surface area contributed by atoms with Gasteiger partial charge < -0.3 is 14.6 Å². The van der Waals surface area contributed by atoms with E-state index in [1.807, 2.05) is 24.3 Å². The largest absolute Gasteiger partial charge is 0.508 e. The number of ether oxygens (including phenoxy) is 2. The van der Waals surface area contributed by atoms with Crippen molar-refractivity contribution in [1.82, 2.24) is 0 Å². The SMILES string of the molecule is Oc1cccc(SCc2cc(Cl)c3c(c2)OCCO3)c1. The van der Waals surface area contributed by atoms with Gasteiger partial charge in [0.05, 0.1) is 5.02 Å². The van der Waals surface area contributed by atoms with Crippen LogP contribution >= 0.6 is 23.4 Å². The van der Waals surface area contributed by atoms with Crippen LogP contribution in [0.1, 0.15) is 5.56 Å². The Balaban J connectivity index is 1.76. The second-order valence-electron chi connectivity index (χ2n) is 4.39. The summed E-state index contributed by atoms with van der Waals surface area (Å²) in [6.07, 6.45) is 0. The average Bonchev–Trinajstić information content (AvgIpc) is 2.45. The van der Waals surface area contributed by atoms with Gasteiger partial charge in [-0.15, -0.1) is 11.8 Å². The summed E-state index contributed by atoms with van der Waals surface area (Å²) in [6, 6.07) is 11.0. The number of thioether (sulfide) groups is 1. The van der Waals surface area contributed by atoms with E-state index in [0.717, 1.165) is 16.2 Å². The van der Waals surface area contributed by atoms with E-state index in [0.29, 0.717) is 29.7 Å². The van der Waals surface area contributed by atoms with E-state index in [2.05, 4.69) is 0 Å². The number of fused-ring (bicyclic) bond motifs is 1. The van der Waals surface area contributed by atoms with Crippen LogP contribution in [-0.2, 0) is 5.75 Å². The normalized spacial score (nSPS) is 13.2. The van der Waals surface area contributed by atoms with Crippen molar-refractivity contribution in [2.24, 2.45) is 0 Å². The van der Waals surface area contributed by atoms with Crippen LogP contribution in [0.2, 0.25) is 5.02 Å². The maximum Gasteiger partial charge on any atom is 0.179 e. The van der Waals surface area contributed by atoms with Crippen LogP contribution in [0.15, 0.2) is 41.3 Å². The first-order valence-electron chi connectivity index (χ1n) is 6.22. The van der Waals surface area contributed by atoms with Crippen molar-refractivity contribution in [3.05, 3.63) is 47.0 Å². The van der Waals surface area contributed by atoms with Gasteiger partial charge in [-0.25, -0.2) is 0 Å². The van der Waals surface area contributed by atoms with Crippen LogP contribution in [0.4, 0.5) is 0 Å². The Morgan fingerprint density at radius 3 is 2.85 bits per heavy atom. The van der Waals surface area contributed by atoms with Gasteiger partial charge in [0.2, 0.25) is 0 Å². The third-order valence-electron chi connectivity index (χ3n) is 2.88. The molecule has 0 fully saturated rings. The maximum absolute atomic E-state index is 9.44. The molecular weight excluding hydrogens is 296 g/mol. The van der Waals surface area contributed by atoms with E-state index in [1.165, 1.54) is 0 Å². The minimum Gasteiger partial charge on any atom is -0.508 e. The third kappa shape index (κ3) is 2.97. The summed E-state index contributed by atoms with van der Waals surface area (Å²) in [6.45, 7) is 1.08. The highest BCUT2D eigenvalue weighted by molar-refractivity contribution is 7.98. The Bertz CT molecular complexity index is 631. The zero-order valence-electron chi connectivity index (χ0n) is 10.6. The zero-order chi connectivity index (χ0) is 13.9. The fourth-order valence-electron chi connectivity index (χ4n) is 1.99. The summed E-state index contributed by atoms with van der Waals surface area (Å²) in [5.74, 6) is 2.36. The monoisotopic (exact) mass is 308 g/mol. The lowest BCUT2D eigenvalue weighted by Crippen LogP contribution is -2.15. The van der Waals surface area contributed by atoms with Crippen LogP contribution in [-0.4, -0.2) is 18.3 Å². The number of aromatic hydroxyl groups is 1. The molecule has 5 heteroatoms. The van der Waals surface area contributed by atoms with Gasteiger partial charge in [-0.2, -0.15) is 0 Å². The summed E-state index contributed by atoms with van der Waals surface area (Å²) in [5, 5.41) is 10.0. The topological polar surface area (TPSA) is 38.7 Å². The predicted molar refractivity (Wildman–Crippen MR) is 80.1 cm³/mol. The zero-order valence-corrected chi connectivity index (χ0v) is 12.2. The molecule has 3 rings (SSSR count). The van der Waals surface area contributed by atoms with Crippen molar-refractivity contribution < 1.29 is 14.6 Å². The maximum atomic E-state index is 9.44. The summed E-state index contributed by atoms with van der Waals surface area (Å²) in [7, 11) is 0. The van der Waals surface area contributed by atoms with Crippen molar-refractivity contribution in [2.75, 3.05) is 13.2 Å². The number of benzene rings is 2. The van der Waals surface area contributed by atoms with Gasteiger partial charge in [-0.05, 0) is 35.9 Å². The van der Waals surface area contributed by atoms with Gasteiger partial charge in [0.25, 0.3) is 0 Å². The van der Waals surface area contributed by atoms with Crippen molar-refractivity contribution in [1.29, 1.82) is 0 Å². The molecule has 0 atom stereocenters. The van der Waals surface area contributed by atoms with E-state index >= 15 is 0 Å². The van der Waals surface area contributed by atoms with E-state index in [9.17, 15) is 5.11 Å². The smallest absolute Gasteiger partial charge is 0.179 e. The molecule has 0 unspecified atom stereocenters. The van der Waals surface area contributed by atoms with E-state index in [-0.39, 0.29) is 5.75 Å². The molecule has 1 N–H and O–H groups in total. The van der Waals surface area contributed by atoms with Crippen LogP contribution in [0.25, 0.3) is 0 Å². The lowest BCUT2D eigenvalue weighted by Gasteiger charge is -2.20. The van der Waals surface area contributed by atoms with E-state index in [4.69, 9.17) is 21.1 Å². The molecule has 0 saturated heterocycles. The van der Waals surface area contributed by atoms with Gasteiger partial charge in [0.1, 0.15) is 19.0 Å². The first-order valence-corrected chi connectivity index (χ1v) is 7.58. The molecule has 3 nitrogen and oxygen atoms in total. The minimum atomic E-state index is 0.273. The molecule has 1 heterocycles. The van der Waals surface area contributed by atoms with Crippen molar-refractivity contribution in [3.63, 3.8) is 0 Å². The highest BCUT2D eigenvalue weighted by atomic mass is 35.5. The summed E-state index contributed by atoms with van der Waals surface area (Å²) in [4.78, 5) is 1.01. The first kappa shape index (κ1) is 13.5. The summed E-state index contributed by atoms with van der Waals surface area (Å²) in [5.41, 5.74) is 1.06. The number of halogens is 1. The van der Waals surface area contributed by atoms with Gasteiger partial charge >= 0.3 is 0 Å². The van der Waals surface area contributed by atoms with Gasteiger partial charge in [0, 0.05) is 10.6 Å². The molecule has 1 aliphatic rings. The first-order chi connectivity index (χ1) is 9.72. The minimum absolute atomic E-state index is 0.273. The molecular formula is C15H13ClO3S. The fraction of sp³-hybridized carbons (Fsp3) is 0.200. The standard InChI is InChI=1S/C15H13ClO3S/c16-13-6-10(7-14-15(13)19-5-4-18-14)9-20-12-3-1-2-11(17)8-12/h1-3,6-8,17H,4-5,9H2. The highest BCUT2D eigenvalue weighted by Gasteiger charge is 2.16. The van der Waals surface area contributed by atoms with Crippen molar-refractivity contribution in [2.45, 2.75) is 10.6 Å².